The molecule has 0 atom stereocenters. The van der Waals surface area contributed by atoms with Crippen molar-refractivity contribution in [3.05, 3.63) is 53.1 Å². The number of amides is 1. The summed E-state index contributed by atoms with van der Waals surface area (Å²) in [6, 6.07) is 13.7. The maximum Gasteiger partial charge on any atom is 0.236 e. The molecule has 1 fully saturated rings. The van der Waals surface area contributed by atoms with Crippen LogP contribution in [-0.4, -0.2) is 73.6 Å². The monoisotopic (exact) mass is 432 g/mol. The number of carbonyl (C=O) groups is 1. The lowest BCUT2D eigenvalue weighted by atomic mass is 10.3. The Morgan fingerprint density at radius 2 is 1.89 bits per heavy atom. The SMILES string of the molecule is CN(CCOc1ccc(Br)cc1)C(=O)CN1CCN(c2ccccn2)CC1. The van der Waals surface area contributed by atoms with Crippen molar-refractivity contribution >= 4 is 27.7 Å². The summed E-state index contributed by atoms with van der Waals surface area (Å²) in [7, 11) is 1.83. The second-order valence-electron chi connectivity index (χ2n) is 6.57. The molecular weight excluding hydrogens is 408 g/mol. The van der Waals surface area contributed by atoms with E-state index in [1.54, 1.807) is 4.90 Å². The number of pyridine rings is 1. The van der Waals surface area contributed by atoms with Gasteiger partial charge in [0, 0.05) is 43.9 Å². The lowest BCUT2D eigenvalue weighted by molar-refractivity contribution is -0.131. The van der Waals surface area contributed by atoms with Crippen LogP contribution >= 0.6 is 15.9 Å². The fraction of sp³-hybridized carbons (Fsp3) is 0.400. The van der Waals surface area contributed by atoms with E-state index in [-0.39, 0.29) is 5.91 Å². The number of aromatic nitrogens is 1. The van der Waals surface area contributed by atoms with Crippen molar-refractivity contribution in [2.45, 2.75) is 0 Å². The molecule has 1 aliphatic heterocycles. The Bertz CT molecular complexity index is 719. The minimum Gasteiger partial charge on any atom is -0.492 e. The largest absolute Gasteiger partial charge is 0.492 e. The number of ether oxygens (including phenoxy) is 1. The van der Waals surface area contributed by atoms with Crippen molar-refractivity contribution in [2.24, 2.45) is 0 Å². The summed E-state index contributed by atoms with van der Waals surface area (Å²) < 4.78 is 6.71. The molecule has 1 aliphatic rings. The zero-order chi connectivity index (χ0) is 19.1. The second kappa shape index (κ2) is 9.71. The number of nitrogens with zero attached hydrogens (tertiary/aromatic N) is 4. The predicted octanol–water partition coefficient (Wildman–Crippen LogP) is 2.50. The molecular formula is C20H25BrN4O2. The number of piperazine rings is 1. The van der Waals surface area contributed by atoms with Crippen LogP contribution in [0.15, 0.2) is 53.1 Å². The summed E-state index contributed by atoms with van der Waals surface area (Å²) in [4.78, 5) is 23.0. The molecule has 7 heteroatoms. The Morgan fingerprint density at radius 3 is 2.56 bits per heavy atom. The molecule has 0 saturated carbocycles. The minimum absolute atomic E-state index is 0.126. The highest BCUT2D eigenvalue weighted by molar-refractivity contribution is 9.10. The number of likely N-dealkylation sites (N-methyl/N-ethyl adjacent to an activating group) is 1. The Kier molecular flexibility index (Phi) is 7.06. The van der Waals surface area contributed by atoms with Gasteiger partial charge in [-0.2, -0.15) is 0 Å². The first-order valence-electron chi connectivity index (χ1n) is 9.12. The highest BCUT2D eigenvalue weighted by Gasteiger charge is 2.21. The van der Waals surface area contributed by atoms with E-state index in [1.165, 1.54) is 0 Å². The van der Waals surface area contributed by atoms with Crippen molar-refractivity contribution in [1.29, 1.82) is 0 Å². The van der Waals surface area contributed by atoms with Crippen LogP contribution in [0.3, 0.4) is 0 Å². The van der Waals surface area contributed by atoms with Crippen LogP contribution in [0.2, 0.25) is 0 Å². The van der Waals surface area contributed by atoms with E-state index in [1.807, 2.05) is 55.7 Å². The van der Waals surface area contributed by atoms with E-state index >= 15 is 0 Å². The Morgan fingerprint density at radius 1 is 1.15 bits per heavy atom. The molecule has 2 aromatic rings. The number of hydrogen-bond donors (Lipinski definition) is 0. The van der Waals surface area contributed by atoms with Crippen LogP contribution in [0.5, 0.6) is 5.75 Å². The van der Waals surface area contributed by atoms with Gasteiger partial charge in [-0.3, -0.25) is 9.69 Å². The summed E-state index contributed by atoms with van der Waals surface area (Å²) >= 11 is 3.40. The van der Waals surface area contributed by atoms with Gasteiger partial charge in [-0.15, -0.1) is 0 Å². The van der Waals surface area contributed by atoms with E-state index in [0.29, 0.717) is 19.7 Å². The molecule has 1 amide bonds. The van der Waals surface area contributed by atoms with Crippen LogP contribution in [0.25, 0.3) is 0 Å². The summed E-state index contributed by atoms with van der Waals surface area (Å²) in [6.07, 6.45) is 1.82. The lowest BCUT2D eigenvalue weighted by Crippen LogP contribution is -2.50. The average molecular weight is 433 g/mol. The van der Waals surface area contributed by atoms with Crippen molar-refractivity contribution in [3.63, 3.8) is 0 Å². The number of halogens is 1. The molecule has 0 radical (unpaired) electrons. The normalized spacial score (nSPS) is 14.8. The number of benzene rings is 1. The standard InChI is InChI=1S/C20H25BrN4O2/c1-23(14-15-27-18-7-5-17(21)6-8-18)20(26)16-24-10-12-25(13-11-24)19-4-2-3-9-22-19/h2-9H,10-16H2,1H3. The number of rotatable bonds is 7. The predicted molar refractivity (Wildman–Crippen MR) is 110 cm³/mol. The van der Waals surface area contributed by atoms with Gasteiger partial charge in [0.1, 0.15) is 18.2 Å². The van der Waals surface area contributed by atoms with Crippen molar-refractivity contribution in [3.8, 4) is 5.75 Å². The van der Waals surface area contributed by atoms with Crippen molar-refractivity contribution in [1.82, 2.24) is 14.8 Å². The number of anilines is 1. The molecule has 0 bridgehead atoms. The molecule has 1 aromatic carbocycles. The highest BCUT2D eigenvalue weighted by Crippen LogP contribution is 2.16. The van der Waals surface area contributed by atoms with Crippen LogP contribution in [0.1, 0.15) is 0 Å². The molecule has 0 N–H and O–H groups in total. The van der Waals surface area contributed by atoms with E-state index in [0.717, 1.165) is 42.2 Å². The smallest absolute Gasteiger partial charge is 0.236 e. The van der Waals surface area contributed by atoms with Gasteiger partial charge in [0.15, 0.2) is 0 Å². The first-order valence-corrected chi connectivity index (χ1v) is 9.92. The first kappa shape index (κ1) is 19.6. The van der Waals surface area contributed by atoms with E-state index in [4.69, 9.17) is 4.74 Å². The Labute approximate surface area is 168 Å². The topological polar surface area (TPSA) is 48.9 Å². The van der Waals surface area contributed by atoms with Gasteiger partial charge < -0.3 is 14.5 Å². The third-order valence-corrected chi connectivity index (χ3v) is 5.17. The first-order chi connectivity index (χ1) is 13.1. The summed E-state index contributed by atoms with van der Waals surface area (Å²) in [5, 5.41) is 0. The van der Waals surface area contributed by atoms with Gasteiger partial charge >= 0.3 is 0 Å². The zero-order valence-corrected chi connectivity index (χ0v) is 17.1. The molecule has 0 aliphatic carbocycles. The summed E-state index contributed by atoms with van der Waals surface area (Å²) in [6.45, 7) is 5.02. The van der Waals surface area contributed by atoms with Gasteiger partial charge in [0.2, 0.25) is 5.91 Å². The third kappa shape index (κ3) is 5.94. The van der Waals surface area contributed by atoms with E-state index in [9.17, 15) is 4.79 Å². The minimum atomic E-state index is 0.126. The van der Waals surface area contributed by atoms with Gasteiger partial charge in [-0.25, -0.2) is 4.98 Å². The maximum absolute atomic E-state index is 12.4. The zero-order valence-electron chi connectivity index (χ0n) is 15.6. The highest BCUT2D eigenvalue weighted by atomic mass is 79.9. The molecule has 2 heterocycles. The molecule has 0 unspecified atom stereocenters. The van der Waals surface area contributed by atoms with Gasteiger partial charge in [-0.05, 0) is 36.4 Å². The fourth-order valence-electron chi connectivity index (χ4n) is 2.94. The van der Waals surface area contributed by atoms with Crippen molar-refractivity contribution in [2.75, 3.05) is 57.8 Å². The van der Waals surface area contributed by atoms with Gasteiger partial charge in [0.25, 0.3) is 0 Å². The molecule has 6 nitrogen and oxygen atoms in total. The van der Waals surface area contributed by atoms with Gasteiger partial charge in [-0.1, -0.05) is 22.0 Å². The summed E-state index contributed by atoms with van der Waals surface area (Å²) in [5.41, 5.74) is 0. The number of hydrogen-bond acceptors (Lipinski definition) is 5. The summed E-state index contributed by atoms with van der Waals surface area (Å²) in [5.74, 6) is 1.94. The van der Waals surface area contributed by atoms with Crippen LogP contribution < -0.4 is 9.64 Å². The van der Waals surface area contributed by atoms with Gasteiger partial charge in [0.05, 0.1) is 13.1 Å². The number of carbonyl (C=O) groups excluding carboxylic acids is 1. The molecule has 1 saturated heterocycles. The fourth-order valence-corrected chi connectivity index (χ4v) is 3.21. The van der Waals surface area contributed by atoms with E-state index < -0.39 is 0 Å². The average Bonchev–Trinajstić information content (AvgIpc) is 2.70. The van der Waals surface area contributed by atoms with E-state index in [2.05, 4.69) is 30.7 Å². The molecule has 27 heavy (non-hydrogen) atoms. The third-order valence-electron chi connectivity index (χ3n) is 4.64. The van der Waals surface area contributed by atoms with Crippen molar-refractivity contribution < 1.29 is 9.53 Å². The lowest BCUT2D eigenvalue weighted by Gasteiger charge is -2.35. The maximum atomic E-state index is 12.4. The Hall–Kier alpha value is -2.12. The molecule has 3 rings (SSSR count). The second-order valence-corrected chi connectivity index (χ2v) is 7.48. The quantitative estimate of drug-likeness (QED) is 0.672. The molecule has 144 valence electrons. The Balaban J connectivity index is 1.36. The van der Waals surface area contributed by atoms with Crippen LogP contribution in [-0.2, 0) is 4.79 Å². The molecule has 1 aromatic heterocycles. The molecule has 0 spiro atoms. The van der Waals surface area contributed by atoms with Crippen LogP contribution in [0.4, 0.5) is 5.82 Å². The van der Waals surface area contributed by atoms with Crippen LogP contribution in [0, 0.1) is 0 Å².